The minimum absolute atomic E-state index is 0.135. The van der Waals surface area contributed by atoms with Crippen LogP contribution in [0.2, 0.25) is 0 Å². The van der Waals surface area contributed by atoms with E-state index in [1.807, 2.05) is 0 Å². The Bertz CT molecular complexity index is 634. The Morgan fingerprint density at radius 3 is 2.38 bits per heavy atom. The number of carbonyl (C=O) groups is 1. The van der Waals surface area contributed by atoms with Crippen molar-refractivity contribution >= 4 is 5.97 Å². The highest BCUT2D eigenvalue weighted by Crippen LogP contribution is 2.32. The Labute approximate surface area is 151 Å². The number of ether oxygens (including phenoxy) is 3. The molecule has 0 bridgehead atoms. The lowest BCUT2D eigenvalue weighted by molar-refractivity contribution is -0.149. The maximum atomic E-state index is 12.1. The lowest BCUT2D eigenvalue weighted by Crippen LogP contribution is -2.33. The fourth-order valence-corrected chi connectivity index (χ4v) is 2.33. The zero-order valence-corrected chi connectivity index (χ0v) is 14.7. The summed E-state index contributed by atoms with van der Waals surface area (Å²) in [4.78, 5) is 12.1. The molecule has 8 nitrogen and oxygen atoms in total. The third kappa shape index (κ3) is 4.95. The van der Waals surface area contributed by atoms with Crippen LogP contribution < -0.4 is 0 Å². The van der Waals surface area contributed by atoms with E-state index < -0.39 is 43.1 Å². The highest BCUT2D eigenvalue weighted by atomic mass is 16.6. The van der Waals surface area contributed by atoms with Gasteiger partial charge in [-0.15, -0.1) is 0 Å². The normalized spacial score (nSPS) is 19.9. The van der Waals surface area contributed by atoms with Gasteiger partial charge in [0, 0.05) is 0 Å². The van der Waals surface area contributed by atoms with Crippen molar-refractivity contribution in [1.29, 1.82) is 0 Å². The molecule has 26 heavy (non-hydrogen) atoms. The Balaban J connectivity index is 2.33. The molecule has 0 saturated heterocycles. The van der Waals surface area contributed by atoms with Crippen molar-refractivity contribution in [2.45, 2.75) is 37.8 Å². The van der Waals surface area contributed by atoms with E-state index in [0.29, 0.717) is 5.56 Å². The van der Waals surface area contributed by atoms with Gasteiger partial charge in [-0.1, -0.05) is 30.3 Å². The second-order valence-corrected chi connectivity index (χ2v) is 6.57. The highest BCUT2D eigenvalue weighted by molar-refractivity contribution is 5.89. The molecule has 0 fully saturated rings. The first-order valence-electron chi connectivity index (χ1n) is 8.18. The molecule has 4 N–H and O–H groups in total. The number of hydrogen-bond acceptors (Lipinski definition) is 8. The molecule has 1 aliphatic heterocycles. The van der Waals surface area contributed by atoms with Crippen LogP contribution in [0.25, 0.3) is 0 Å². The summed E-state index contributed by atoms with van der Waals surface area (Å²) in [5.74, 6) is -1.32. The number of rotatable bonds is 9. The standard InChI is InChI=1S/C18H24O8/c1-18(2,23)10-24-16-15(14(12(21)8-19)26-17(16)22)25-13(9-20)11-6-4-3-5-7-11/h3-7,12-14,19-21,23H,8-10H2,1-2H3/t12-,13?,14+/m0/s1. The number of aliphatic hydroxyl groups is 4. The number of esters is 1. The first kappa shape index (κ1) is 20.2. The second kappa shape index (κ2) is 8.50. The average Bonchev–Trinajstić information content (AvgIpc) is 2.92. The van der Waals surface area contributed by atoms with Crippen molar-refractivity contribution in [3.63, 3.8) is 0 Å². The molecule has 8 heteroatoms. The van der Waals surface area contributed by atoms with Crippen molar-refractivity contribution in [2.24, 2.45) is 0 Å². The van der Waals surface area contributed by atoms with Gasteiger partial charge in [0.2, 0.25) is 5.76 Å². The van der Waals surface area contributed by atoms with Crippen LogP contribution in [-0.4, -0.2) is 64.0 Å². The Morgan fingerprint density at radius 2 is 1.85 bits per heavy atom. The molecule has 2 rings (SSSR count). The number of cyclic esters (lactones) is 1. The van der Waals surface area contributed by atoms with Gasteiger partial charge in [-0.3, -0.25) is 0 Å². The second-order valence-electron chi connectivity index (χ2n) is 6.57. The van der Waals surface area contributed by atoms with Crippen molar-refractivity contribution in [3.8, 4) is 0 Å². The SMILES string of the molecule is CC(C)(O)COC1=C(OC(CO)c2ccccc2)[C@@H]([C@@H](O)CO)OC1=O. The molecule has 0 spiro atoms. The minimum atomic E-state index is -1.42. The molecule has 0 aliphatic carbocycles. The minimum Gasteiger partial charge on any atom is -0.481 e. The average molecular weight is 368 g/mol. The number of carbonyl (C=O) groups excluding carboxylic acids is 1. The first-order chi connectivity index (χ1) is 12.3. The van der Waals surface area contributed by atoms with Gasteiger partial charge in [-0.2, -0.15) is 0 Å². The van der Waals surface area contributed by atoms with Crippen molar-refractivity contribution in [1.82, 2.24) is 0 Å². The molecule has 1 aliphatic rings. The van der Waals surface area contributed by atoms with E-state index in [1.165, 1.54) is 13.8 Å². The summed E-state index contributed by atoms with van der Waals surface area (Å²) in [5.41, 5.74) is -0.581. The topological polar surface area (TPSA) is 126 Å². The number of benzene rings is 1. The first-order valence-corrected chi connectivity index (χ1v) is 8.18. The maximum absolute atomic E-state index is 12.1. The van der Waals surface area contributed by atoms with E-state index in [-0.39, 0.29) is 18.1 Å². The van der Waals surface area contributed by atoms with Crippen molar-refractivity contribution < 1.29 is 39.4 Å². The Morgan fingerprint density at radius 1 is 1.19 bits per heavy atom. The molecule has 0 saturated carbocycles. The molecular weight excluding hydrogens is 344 g/mol. The van der Waals surface area contributed by atoms with E-state index in [1.54, 1.807) is 30.3 Å². The lowest BCUT2D eigenvalue weighted by atomic mass is 10.1. The number of hydrogen-bond donors (Lipinski definition) is 4. The van der Waals surface area contributed by atoms with Crippen LogP contribution in [0.3, 0.4) is 0 Å². The molecule has 0 radical (unpaired) electrons. The largest absolute Gasteiger partial charge is 0.481 e. The summed E-state index contributed by atoms with van der Waals surface area (Å²) in [6, 6.07) is 8.78. The zero-order chi connectivity index (χ0) is 19.3. The van der Waals surface area contributed by atoms with Crippen LogP contribution in [0.15, 0.2) is 41.9 Å². The van der Waals surface area contributed by atoms with Crippen LogP contribution in [0.4, 0.5) is 0 Å². The van der Waals surface area contributed by atoms with E-state index in [0.717, 1.165) is 0 Å². The van der Waals surface area contributed by atoms with E-state index in [2.05, 4.69) is 0 Å². The van der Waals surface area contributed by atoms with Crippen molar-refractivity contribution in [2.75, 3.05) is 19.8 Å². The van der Waals surface area contributed by atoms with Crippen LogP contribution >= 0.6 is 0 Å². The van der Waals surface area contributed by atoms with Gasteiger partial charge in [0.25, 0.3) is 0 Å². The Hall–Kier alpha value is -2.13. The zero-order valence-electron chi connectivity index (χ0n) is 14.7. The quantitative estimate of drug-likeness (QED) is 0.449. The predicted molar refractivity (Wildman–Crippen MR) is 89.6 cm³/mol. The van der Waals surface area contributed by atoms with E-state index in [4.69, 9.17) is 14.2 Å². The Kier molecular flexibility index (Phi) is 6.60. The van der Waals surface area contributed by atoms with E-state index >= 15 is 0 Å². The van der Waals surface area contributed by atoms with Crippen LogP contribution in [0, 0.1) is 0 Å². The van der Waals surface area contributed by atoms with Crippen LogP contribution in [-0.2, 0) is 19.0 Å². The molecular formula is C18H24O8. The van der Waals surface area contributed by atoms with Gasteiger partial charge in [-0.05, 0) is 19.4 Å². The molecule has 0 aromatic heterocycles. The molecule has 0 amide bonds. The lowest BCUT2D eigenvalue weighted by Gasteiger charge is -2.23. The van der Waals surface area contributed by atoms with Gasteiger partial charge in [0.1, 0.15) is 18.8 Å². The van der Waals surface area contributed by atoms with Gasteiger partial charge < -0.3 is 34.6 Å². The molecule has 3 atom stereocenters. The molecule has 144 valence electrons. The smallest absolute Gasteiger partial charge is 0.378 e. The fraction of sp³-hybridized carbons (Fsp3) is 0.500. The van der Waals surface area contributed by atoms with Gasteiger partial charge in [-0.25, -0.2) is 4.79 Å². The molecule has 1 aromatic rings. The van der Waals surface area contributed by atoms with Crippen molar-refractivity contribution in [3.05, 3.63) is 47.4 Å². The summed E-state index contributed by atoms with van der Waals surface area (Å²) in [6.45, 7) is 1.70. The van der Waals surface area contributed by atoms with E-state index in [9.17, 15) is 25.2 Å². The predicted octanol–water partition coefficient (Wildman–Crippen LogP) is 0.0143. The van der Waals surface area contributed by atoms with Gasteiger partial charge >= 0.3 is 5.97 Å². The monoisotopic (exact) mass is 368 g/mol. The van der Waals surface area contributed by atoms with Crippen LogP contribution in [0.1, 0.15) is 25.5 Å². The molecule has 1 heterocycles. The molecule has 1 unspecified atom stereocenters. The fourth-order valence-electron chi connectivity index (χ4n) is 2.33. The number of aliphatic hydroxyl groups excluding tert-OH is 3. The van der Waals surface area contributed by atoms with Gasteiger partial charge in [0.05, 0.1) is 18.8 Å². The molecule has 1 aromatic carbocycles. The van der Waals surface area contributed by atoms with Crippen LogP contribution in [0.5, 0.6) is 0 Å². The third-order valence-electron chi connectivity index (χ3n) is 3.61. The summed E-state index contributed by atoms with van der Waals surface area (Å²) in [5, 5.41) is 38.6. The summed E-state index contributed by atoms with van der Waals surface area (Å²) >= 11 is 0. The summed E-state index contributed by atoms with van der Waals surface area (Å²) in [6.07, 6.45) is -3.54. The third-order valence-corrected chi connectivity index (χ3v) is 3.61. The highest BCUT2D eigenvalue weighted by Gasteiger charge is 2.43. The summed E-state index contributed by atoms with van der Waals surface area (Å²) in [7, 11) is 0. The maximum Gasteiger partial charge on any atom is 0.378 e. The van der Waals surface area contributed by atoms with Gasteiger partial charge in [0.15, 0.2) is 11.9 Å². The summed E-state index contributed by atoms with van der Waals surface area (Å²) < 4.78 is 16.1.